The van der Waals surface area contributed by atoms with Crippen LogP contribution in [0.5, 0.6) is 0 Å². The van der Waals surface area contributed by atoms with E-state index in [1.54, 1.807) is 0 Å². The van der Waals surface area contributed by atoms with Gasteiger partial charge in [0.2, 0.25) is 0 Å². The van der Waals surface area contributed by atoms with Crippen LogP contribution in [0.15, 0.2) is 0 Å². The summed E-state index contributed by atoms with van der Waals surface area (Å²) in [4.78, 5) is 8.77. The zero-order chi connectivity index (χ0) is 10.2. The van der Waals surface area contributed by atoms with Crippen LogP contribution in [0.4, 0.5) is 0 Å². The molecular weight excluding hydrogens is 207 g/mol. The molecule has 5 heteroatoms. The van der Waals surface area contributed by atoms with Crippen LogP contribution in [0.1, 0.15) is 39.0 Å². The van der Waals surface area contributed by atoms with Crippen molar-refractivity contribution in [1.82, 2.24) is 0 Å². The molecule has 3 nitrogen and oxygen atoms in total. The second-order valence-corrected chi connectivity index (χ2v) is 5.96. The van der Waals surface area contributed by atoms with Crippen LogP contribution in [0.2, 0.25) is 0 Å². The molecule has 1 N–H and O–H groups in total. The summed E-state index contributed by atoms with van der Waals surface area (Å²) >= 11 is 1.11. The molecule has 0 spiro atoms. The van der Waals surface area contributed by atoms with Crippen LogP contribution in [-0.4, -0.2) is 17.3 Å². The number of unbranched alkanes of at least 4 members (excludes halogenated alkanes) is 4. The van der Waals surface area contributed by atoms with Gasteiger partial charge in [-0.25, -0.2) is 3.97 Å². The standard InChI is InChI=1S/C8H19O3PS/c1-3-4-5-6-7-8-13-11-12(2,9)10/h3-8H2,1-2H3,(H,9,10). The van der Waals surface area contributed by atoms with E-state index in [1.165, 1.54) is 32.3 Å². The summed E-state index contributed by atoms with van der Waals surface area (Å²) in [6.45, 7) is 3.38. The Labute approximate surface area is 85.0 Å². The van der Waals surface area contributed by atoms with E-state index in [-0.39, 0.29) is 0 Å². The molecule has 80 valence electrons. The molecule has 0 heterocycles. The second kappa shape index (κ2) is 7.86. The summed E-state index contributed by atoms with van der Waals surface area (Å²) < 4.78 is 15.3. The summed E-state index contributed by atoms with van der Waals surface area (Å²) in [5.41, 5.74) is 0. The van der Waals surface area contributed by atoms with Crippen molar-refractivity contribution < 1.29 is 13.4 Å². The van der Waals surface area contributed by atoms with Crippen LogP contribution in [0, 0.1) is 0 Å². The third-order valence-electron chi connectivity index (χ3n) is 1.52. The maximum Gasteiger partial charge on any atom is 0.336 e. The Morgan fingerprint density at radius 1 is 1.31 bits per heavy atom. The predicted octanol–water partition coefficient (Wildman–Crippen LogP) is 3.44. The first-order valence-electron chi connectivity index (χ1n) is 4.67. The molecule has 0 fully saturated rings. The van der Waals surface area contributed by atoms with Crippen molar-refractivity contribution in [2.75, 3.05) is 12.4 Å². The molecule has 0 aliphatic rings. The number of rotatable bonds is 8. The fourth-order valence-electron chi connectivity index (χ4n) is 0.900. The lowest BCUT2D eigenvalue weighted by Crippen LogP contribution is -1.83. The minimum atomic E-state index is -3.26. The van der Waals surface area contributed by atoms with Crippen molar-refractivity contribution in [3.05, 3.63) is 0 Å². The molecule has 0 aromatic carbocycles. The second-order valence-electron chi connectivity index (χ2n) is 3.11. The van der Waals surface area contributed by atoms with Crippen LogP contribution in [0.3, 0.4) is 0 Å². The Hall–Kier alpha value is 0.500. The lowest BCUT2D eigenvalue weighted by molar-refractivity contribution is 0.409. The molecule has 0 saturated carbocycles. The van der Waals surface area contributed by atoms with E-state index in [0.717, 1.165) is 24.2 Å². The molecule has 13 heavy (non-hydrogen) atoms. The average molecular weight is 226 g/mol. The molecule has 0 amide bonds. The molecule has 0 rings (SSSR count). The Morgan fingerprint density at radius 3 is 2.46 bits per heavy atom. The zero-order valence-electron chi connectivity index (χ0n) is 8.36. The van der Waals surface area contributed by atoms with Gasteiger partial charge in [-0.3, -0.25) is 4.57 Å². The largest absolute Gasteiger partial charge is 0.336 e. The highest BCUT2D eigenvalue weighted by molar-refractivity contribution is 7.98. The van der Waals surface area contributed by atoms with Crippen molar-refractivity contribution in [1.29, 1.82) is 0 Å². The van der Waals surface area contributed by atoms with Crippen molar-refractivity contribution in [2.24, 2.45) is 0 Å². The van der Waals surface area contributed by atoms with Gasteiger partial charge in [-0.15, -0.1) is 0 Å². The monoisotopic (exact) mass is 226 g/mol. The van der Waals surface area contributed by atoms with E-state index in [0.29, 0.717) is 0 Å². The zero-order valence-corrected chi connectivity index (χ0v) is 10.1. The maximum atomic E-state index is 10.7. The normalized spacial score (nSPS) is 15.6. The number of hydrogen-bond donors (Lipinski definition) is 1. The highest BCUT2D eigenvalue weighted by atomic mass is 32.2. The van der Waals surface area contributed by atoms with Gasteiger partial charge in [-0.05, 0) is 6.42 Å². The smallest absolute Gasteiger partial charge is 0.324 e. The highest BCUT2D eigenvalue weighted by Gasteiger charge is 2.09. The summed E-state index contributed by atoms with van der Waals surface area (Å²) in [5, 5.41) is 0. The summed E-state index contributed by atoms with van der Waals surface area (Å²) in [7, 11) is -3.26. The van der Waals surface area contributed by atoms with Crippen LogP contribution < -0.4 is 0 Å². The van der Waals surface area contributed by atoms with Crippen molar-refractivity contribution in [2.45, 2.75) is 39.0 Å². The van der Waals surface area contributed by atoms with Gasteiger partial charge in [-0.1, -0.05) is 32.6 Å². The first-order valence-corrected chi connectivity index (χ1v) is 7.61. The average Bonchev–Trinajstić information content (AvgIpc) is 2.01. The van der Waals surface area contributed by atoms with Gasteiger partial charge >= 0.3 is 7.60 Å². The van der Waals surface area contributed by atoms with Gasteiger partial charge in [-0.2, -0.15) is 0 Å². The molecule has 1 unspecified atom stereocenters. The molecular formula is C8H19O3PS. The molecule has 0 bridgehead atoms. The topological polar surface area (TPSA) is 46.5 Å². The van der Waals surface area contributed by atoms with E-state index >= 15 is 0 Å². The van der Waals surface area contributed by atoms with Crippen LogP contribution in [0.25, 0.3) is 0 Å². The van der Waals surface area contributed by atoms with E-state index in [1.807, 2.05) is 0 Å². The third kappa shape index (κ3) is 12.5. The highest BCUT2D eigenvalue weighted by Crippen LogP contribution is 2.41. The maximum absolute atomic E-state index is 10.7. The van der Waals surface area contributed by atoms with Gasteiger partial charge in [0.15, 0.2) is 0 Å². The van der Waals surface area contributed by atoms with Crippen LogP contribution in [-0.2, 0) is 8.54 Å². The van der Waals surface area contributed by atoms with Crippen molar-refractivity contribution >= 4 is 19.6 Å². The molecule has 0 aromatic rings. The van der Waals surface area contributed by atoms with Gasteiger partial charge in [0.25, 0.3) is 0 Å². The van der Waals surface area contributed by atoms with Gasteiger partial charge in [0, 0.05) is 24.5 Å². The Kier molecular flexibility index (Phi) is 8.17. The van der Waals surface area contributed by atoms with Crippen molar-refractivity contribution in [3.63, 3.8) is 0 Å². The summed E-state index contributed by atoms with van der Waals surface area (Å²) in [5.74, 6) is 0.808. The fraction of sp³-hybridized carbons (Fsp3) is 1.00. The molecule has 1 atom stereocenters. The number of hydrogen-bond acceptors (Lipinski definition) is 3. The van der Waals surface area contributed by atoms with Gasteiger partial charge in [0.05, 0.1) is 0 Å². The van der Waals surface area contributed by atoms with Crippen LogP contribution >= 0.6 is 19.6 Å². The van der Waals surface area contributed by atoms with E-state index < -0.39 is 7.60 Å². The molecule has 0 aliphatic heterocycles. The lowest BCUT2D eigenvalue weighted by atomic mass is 10.2. The van der Waals surface area contributed by atoms with E-state index in [2.05, 4.69) is 10.9 Å². The predicted molar refractivity (Wildman–Crippen MR) is 58.1 cm³/mol. The molecule has 0 radical (unpaired) electrons. The molecule has 0 aromatic heterocycles. The van der Waals surface area contributed by atoms with Gasteiger partial charge in [0.1, 0.15) is 0 Å². The summed E-state index contributed by atoms with van der Waals surface area (Å²) in [6, 6.07) is 0. The first-order chi connectivity index (χ1) is 6.06. The van der Waals surface area contributed by atoms with Crippen molar-refractivity contribution in [3.8, 4) is 0 Å². The van der Waals surface area contributed by atoms with E-state index in [4.69, 9.17) is 4.89 Å². The Bertz CT molecular complexity index is 157. The summed E-state index contributed by atoms with van der Waals surface area (Å²) in [6.07, 6.45) is 6.01. The minimum absolute atomic E-state index is 0.808. The molecule has 0 aliphatic carbocycles. The third-order valence-corrected chi connectivity index (χ3v) is 3.51. The Balaban J connectivity index is 3.04. The first kappa shape index (κ1) is 13.5. The minimum Gasteiger partial charge on any atom is -0.324 e. The molecule has 0 saturated heterocycles. The van der Waals surface area contributed by atoms with Gasteiger partial charge < -0.3 is 4.89 Å². The Morgan fingerprint density at radius 2 is 1.92 bits per heavy atom. The fourth-order valence-corrected chi connectivity index (χ4v) is 2.30. The van der Waals surface area contributed by atoms with E-state index in [9.17, 15) is 4.57 Å². The lowest BCUT2D eigenvalue weighted by Gasteiger charge is -2.04. The quantitative estimate of drug-likeness (QED) is 0.391. The SMILES string of the molecule is CCCCCCCSOP(C)(=O)O.